The zero-order chi connectivity index (χ0) is 15.2. The summed E-state index contributed by atoms with van der Waals surface area (Å²) in [6.45, 7) is 0.122. The molecule has 0 radical (unpaired) electrons. The van der Waals surface area contributed by atoms with Gasteiger partial charge < -0.3 is 14.2 Å². The van der Waals surface area contributed by atoms with Gasteiger partial charge in [0, 0.05) is 11.8 Å². The van der Waals surface area contributed by atoms with E-state index in [1.807, 2.05) is 0 Å². The highest BCUT2D eigenvalue weighted by Crippen LogP contribution is 2.27. The second kappa shape index (κ2) is 6.95. The quantitative estimate of drug-likeness (QED) is 0.627. The third-order valence-electron chi connectivity index (χ3n) is 2.78. The average Bonchev–Trinajstić information content (AvgIpc) is 2.53. The van der Waals surface area contributed by atoms with Crippen LogP contribution in [0.5, 0.6) is 11.5 Å². The minimum atomic E-state index is -0.453. The molecule has 2 aromatic rings. The highest BCUT2D eigenvalue weighted by Gasteiger charge is 2.12. The summed E-state index contributed by atoms with van der Waals surface area (Å²) >= 11 is 5.69. The number of esters is 1. The van der Waals surface area contributed by atoms with E-state index in [0.717, 1.165) is 5.56 Å². The molecule has 0 saturated heterocycles. The Morgan fingerprint density at radius 3 is 2.52 bits per heavy atom. The van der Waals surface area contributed by atoms with Crippen LogP contribution >= 0.6 is 11.6 Å². The monoisotopic (exact) mass is 307 g/mol. The molecule has 110 valence electrons. The van der Waals surface area contributed by atoms with Crippen molar-refractivity contribution in [3.63, 3.8) is 0 Å². The molecule has 6 heteroatoms. The van der Waals surface area contributed by atoms with Gasteiger partial charge >= 0.3 is 5.97 Å². The van der Waals surface area contributed by atoms with Crippen LogP contribution in [0, 0.1) is 0 Å². The van der Waals surface area contributed by atoms with Crippen LogP contribution in [0.15, 0.2) is 36.5 Å². The highest BCUT2D eigenvalue weighted by atomic mass is 35.5. The van der Waals surface area contributed by atoms with E-state index in [-0.39, 0.29) is 6.61 Å². The first-order valence-electron chi connectivity index (χ1n) is 6.13. The molecule has 5 nitrogen and oxygen atoms in total. The Kier molecular flexibility index (Phi) is 5.00. The zero-order valence-electron chi connectivity index (χ0n) is 11.6. The smallest absolute Gasteiger partial charge is 0.338 e. The third-order valence-corrected chi connectivity index (χ3v) is 3.00. The standard InChI is InChI=1S/C15H14ClNO4/c1-19-12-5-4-11(7-13(12)20-2)15(18)21-9-10-3-6-14(16)17-8-10/h3-8H,9H2,1-2H3. The molecule has 0 atom stereocenters. The van der Waals surface area contributed by atoms with Gasteiger partial charge in [0.15, 0.2) is 11.5 Å². The summed E-state index contributed by atoms with van der Waals surface area (Å²) < 4.78 is 15.5. The summed E-state index contributed by atoms with van der Waals surface area (Å²) in [6.07, 6.45) is 1.56. The first-order valence-corrected chi connectivity index (χ1v) is 6.51. The SMILES string of the molecule is COc1ccc(C(=O)OCc2ccc(Cl)nc2)cc1OC. The van der Waals surface area contributed by atoms with Crippen LogP contribution in [0.3, 0.4) is 0 Å². The molecule has 0 aliphatic heterocycles. The van der Waals surface area contributed by atoms with Crippen molar-refractivity contribution in [2.45, 2.75) is 6.61 Å². The van der Waals surface area contributed by atoms with E-state index in [1.54, 1.807) is 36.5 Å². The molecule has 2 rings (SSSR count). The van der Waals surface area contributed by atoms with Crippen LogP contribution in [0.2, 0.25) is 5.15 Å². The van der Waals surface area contributed by atoms with Crippen LogP contribution in [0.4, 0.5) is 0 Å². The molecule has 1 aromatic carbocycles. The number of methoxy groups -OCH3 is 2. The number of rotatable bonds is 5. The molecule has 0 fully saturated rings. The minimum absolute atomic E-state index is 0.122. The van der Waals surface area contributed by atoms with Gasteiger partial charge in [-0.25, -0.2) is 9.78 Å². The van der Waals surface area contributed by atoms with E-state index in [2.05, 4.69) is 4.98 Å². The van der Waals surface area contributed by atoms with Gasteiger partial charge in [0.05, 0.1) is 19.8 Å². The van der Waals surface area contributed by atoms with Crippen molar-refractivity contribution in [2.24, 2.45) is 0 Å². The maximum Gasteiger partial charge on any atom is 0.338 e. The van der Waals surface area contributed by atoms with E-state index < -0.39 is 5.97 Å². The molecule has 21 heavy (non-hydrogen) atoms. The Morgan fingerprint density at radius 1 is 1.14 bits per heavy atom. The average molecular weight is 308 g/mol. The minimum Gasteiger partial charge on any atom is -0.493 e. The second-order valence-electron chi connectivity index (χ2n) is 4.14. The first kappa shape index (κ1) is 15.1. The lowest BCUT2D eigenvalue weighted by Gasteiger charge is -2.09. The molecule has 0 aliphatic rings. The van der Waals surface area contributed by atoms with Crippen molar-refractivity contribution in [3.8, 4) is 11.5 Å². The Labute approximate surface area is 127 Å². The van der Waals surface area contributed by atoms with Gasteiger partial charge in [-0.1, -0.05) is 17.7 Å². The Morgan fingerprint density at radius 2 is 1.90 bits per heavy atom. The van der Waals surface area contributed by atoms with Gasteiger partial charge in [-0.05, 0) is 24.3 Å². The van der Waals surface area contributed by atoms with Crippen molar-refractivity contribution < 1.29 is 19.0 Å². The lowest BCUT2D eigenvalue weighted by molar-refractivity contribution is 0.0472. The van der Waals surface area contributed by atoms with E-state index in [4.69, 9.17) is 25.8 Å². The van der Waals surface area contributed by atoms with E-state index in [9.17, 15) is 4.79 Å². The van der Waals surface area contributed by atoms with Crippen LogP contribution in [-0.4, -0.2) is 25.2 Å². The molecule has 0 unspecified atom stereocenters. The molecule has 0 saturated carbocycles. The number of hydrogen-bond donors (Lipinski definition) is 0. The molecular weight excluding hydrogens is 294 g/mol. The summed E-state index contributed by atoms with van der Waals surface area (Å²) in [5, 5.41) is 0.393. The second-order valence-corrected chi connectivity index (χ2v) is 4.52. The first-order chi connectivity index (χ1) is 10.1. The maximum atomic E-state index is 12.0. The van der Waals surface area contributed by atoms with Crippen LogP contribution in [0.25, 0.3) is 0 Å². The predicted molar refractivity (Wildman–Crippen MR) is 77.9 cm³/mol. The molecule has 0 spiro atoms. The Bertz CT molecular complexity index is 628. The van der Waals surface area contributed by atoms with Crippen molar-refractivity contribution in [1.29, 1.82) is 0 Å². The fourth-order valence-electron chi connectivity index (χ4n) is 1.69. The van der Waals surface area contributed by atoms with E-state index in [1.165, 1.54) is 14.2 Å². The van der Waals surface area contributed by atoms with E-state index >= 15 is 0 Å². The lowest BCUT2D eigenvalue weighted by atomic mass is 10.2. The highest BCUT2D eigenvalue weighted by molar-refractivity contribution is 6.29. The number of halogens is 1. The van der Waals surface area contributed by atoms with Crippen LogP contribution < -0.4 is 9.47 Å². The van der Waals surface area contributed by atoms with Gasteiger partial charge in [-0.2, -0.15) is 0 Å². The summed E-state index contributed by atoms with van der Waals surface area (Å²) in [5.74, 6) is 0.571. The molecule has 0 aliphatic carbocycles. The van der Waals surface area contributed by atoms with Crippen molar-refractivity contribution in [2.75, 3.05) is 14.2 Å². The number of carbonyl (C=O) groups excluding carboxylic acids is 1. The number of ether oxygens (including phenoxy) is 3. The third kappa shape index (κ3) is 3.86. The number of hydrogen-bond acceptors (Lipinski definition) is 5. The van der Waals surface area contributed by atoms with Crippen LogP contribution in [0.1, 0.15) is 15.9 Å². The van der Waals surface area contributed by atoms with Gasteiger partial charge in [0.2, 0.25) is 0 Å². The largest absolute Gasteiger partial charge is 0.493 e. The van der Waals surface area contributed by atoms with Crippen molar-refractivity contribution in [3.05, 3.63) is 52.8 Å². The van der Waals surface area contributed by atoms with Gasteiger partial charge in [-0.3, -0.25) is 0 Å². The van der Waals surface area contributed by atoms with Crippen molar-refractivity contribution >= 4 is 17.6 Å². The fraction of sp³-hybridized carbons (Fsp3) is 0.200. The molecule has 1 aromatic heterocycles. The van der Waals surface area contributed by atoms with E-state index in [0.29, 0.717) is 22.2 Å². The van der Waals surface area contributed by atoms with Gasteiger partial charge in [0.1, 0.15) is 11.8 Å². The molecule has 0 bridgehead atoms. The number of aromatic nitrogens is 1. The predicted octanol–water partition coefficient (Wildman–Crippen LogP) is 3.11. The van der Waals surface area contributed by atoms with Crippen LogP contribution in [-0.2, 0) is 11.3 Å². The fourth-order valence-corrected chi connectivity index (χ4v) is 1.80. The Hall–Kier alpha value is -2.27. The molecule has 0 N–H and O–H groups in total. The van der Waals surface area contributed by atoms with Gasteiger partial charge in [-0.15, -0.1) is 0 Å². The molecule has 0 amide bonds. The maximum absolute atomic E-state index is 12.0. The molecule has 1 heterocycles. The Balaban J connectivity index is 2.04. The number of carbonyl (C=O) groups is 1. The molecular formula is C15H14ClNO4. The topological polar surface area (TPSA) is 57.7 Å². The number of nitrogens with zero attached hydrogens (tertiary/aromatic N) is 1. The summed E-state index contributed by atoms with van der Waals surface area (Å²) in [7, 11) is 3.04. The van der Waals surface area contributed by atoms with Crippen molar-refractivity contribution in [1.82, 2.24) is 4.98 Å². The number of benzene rings is 1. The normalized spacial score (nSPS) is 10.0. The van der Waals surface area contributed by atoms with Gasteiger partial charge in [0.25, 0.3) is 0 Å². The summed E-state index contributed by atoms with van der Waals surface area (Å²) in [4.78, 5) is 15.9. The lowest BCUT2D eigenvalue weighted by Crippen LogP contribution is -2.06. The number of pyridine rings is 1. The summed E-state index contributed by atoms with van der Waals surface area (Å²) in [5.41, 5.74) is 1.14. The zero-order valence-corrected chi connectivity index (χ0v) is 12.4. The summed E-state index contributed by atoms with van der Waals surface area (Å²) in [6, 6.07) is 8.22.